The van der Waals surface area contributed by atoms with E-state index in [4.69, 9.17) is 12.3 Å². The normalized spacial score (nSPS) is 15.4. The maximum atomic E-state index is 6.27. The quantitative estimate of drug-likeness (QED) is 0.644. The summed E-state index contributed by atoms with van der Waals surface area (Å²) >= 11 is 0. The predicted octanol–water partition coefficient (Wildman–Crippen LogP) is 3.19. The molecule has 0 amide bonds. The van der Waals surface area contributed by atoms with Crippen LogP contribution in [-0.2, 0) is 12.3 Å². The zero-order chi connectivity index (χ0) is 13.7. The molecule has 3 nitrogen and oxygen atoms in total. The van der Waals surface area contributed by atoms with Crippen LogP contribution in [-0.4, -0.2) is 35.2 Å². The topological polar surface area (TPSA) is 27.7 Å². The van der Waals surface area contributed by atoms with Crippen LogP contribution in [0.15, 0.2) is 0 Å². The Morgan fingerprint density at radius 1 is 0.882 bits per heavy atom. The molecule has 0 aromatic heterocycles. The highest BCUT2D eigenvalue weighted by Crippen LogP contribution is 2.17. The molecule has 0 saturated carbocycles. The first kappa shape index (κ1) is 17.7. The number of hydrogen-bond donors (Lipinski definition) is 0. The Morgan fingerprint density at radius 3 is 1.76 bits per heavy atom. The van der Waals surface area contributed by atoms with Crippen molar-refractivity contribution in [2.75, 3.05) is 0 Å². The second kappa shape index (κ2) is 7.36. The Morgan fingerprint density at radius 2 is 1.41 bits per heavy atom. The zero-order valence-corrected chi connectivity index (χ0v) is 17.1. The first-order valence-electron chi connectivity index (χ1n) is 6.59. The van der Waals surface area contributed by atoms with Gasteiger partial charge >= 0.3 is 17.8 Å². The summed E-state index contributed by atoms with van der Waals surface area (Å²) in [4.78, 5) is 0. The lowest BCUT2D eigenvalue weighted by Crippen LogP contribution is -2.47. The standard InChI is InChI=1S/C10H30O3Si4/c1-9-10-15(12-16(4,5)6)13-17(7,8)11-14(2)3/h14-15H,9-10H2,1-8H3. The van der Waals surface area contributed by atoms with Gasteiger partial charge in [-0.1, -0.05) is 13.3 Å². The second-order valence-corrected chi connectivity index (χ2v) is 19.5. The van der Waals surface area contributed by atoms with Crippen molar-refractivity contribution >= 4 is 35.2 Å². The molecule has 0 aliphatic carbocycles. The van der Waals surface area contributed by atoms with E-state index in [1.807, 2.05) is 0 Å². The molecule has 17 heavy (non-hydrogen) atoms. The van der Waals surface area contributed by atoms with Crippen LogP contribution in [0.4, 0.5) is 0 Å². The summed E-state index contributed by atoms with van der Waals surface area (Å²) in [6.07, 6.45) is 1.14. The predicted molar refractivity (Wildman–Crippen MR) is 85.2 cm³/mol. The van der Waals surface area contributed by atoms with Crippen LogP contribution in [0.5, 0.6) is 0 Å². The summed E-state index contributed by atoms with van der Waals surface area (Å²) in [5, 5.41) is 0. The van der Waals surface area contributed by atoms with Crippen LogP contribution in [0.25, 0.3) is 0 Å². The van der Waals surface area contributed by atoms with Crippen LogP contribution in [0.3, 0.4) is 0 Å². The fourth-order valence-electron chi connectivity index (χ4n) is 1.68. The van der Waals surface area contributed by atoms with Gasteiger partial charge in [0.05, 0.1) is 0 Å². The van der Waals surface area contributed by atoms with Crippen molar-refractivity contribution in [3.05, 3.63) is 0 Å². The fraction of sp³-hybridized carbons (Fsp3) is 1.00. The van der Waals surface area contributed by atoms with E-state index in [1.165, 1.54) is 0 Å². The van der Waals surface area contributed by atoms with E-state index in [2.05, 4.69) is 52.8 Å². The van der Waals surface area contributed by atoms with Crippen LogP contribution in [0.1, 0.15) is 13.3 Å². The molecule has 7 heteroatoms. The molecule has 0 aromatic rings. The van der Waals surface area contributed by atoms with Gasteiger partial charge in [0.1, 0.15) is 0 Å². The summed E-state index contributed by atoms with van der Waals surface area (Å²) in [5.74, 6) is 0. The fourth-order valence-corrected chi connectivity index (χ4v) is 14.7. The van der Waals surface area contributed by atoms with Crippen molar-refractivity contribution in [2.24, 2.45) is 0 Å². The largest absolute Gasteiger partial charge is 0.440 e. The Kier molecular flexibility index (Phi) is 7.69. The second-order valence-electron chi connectivity index (χ2n) is 6.13. The highest BCUT2D eigenvalue weighted by molar-refractivity contribution is 6.81. The average molecular weight is 311 g/mol. The van der Waals surface area contributed by atoms with Gasteiger partial charge in [0, 0.05) is 0 Å². The van der Waals surface area contributed by atoms with Crippen molar-refractivity contribution in [1.29, 1.82) is 0 Å². The molecule has 0 saturated heterocycles. The molecular formula is C10H30O3Si4. The van der Waals surface area contributed by atoms with Gasteiger partial charge in [-0.3, -0.25) is 0 Å². The van der Waals surface area contributed by atoms with Gasteiger partial charge in [0.15, 0.2) is 17.4 Å². The molecule has 0 bridgehead atoms. The Bertz CT molecular complexity index is 216. The summed E-state index contributed by atoms with van der Waals surface area (Å²) in [6, 6.07) is 1.10. The highest BCUT2D eigenvalue weighted by Gasteiger charge is 2.33. The minimum atomic E-state index is -1.95. The van der Waals surface area contributed by atoms with Gasteiger partial charge in [-0.2, -0.15) is 0 Å². The SMILES string of the molecule is CCC[SiH](O[Si](C)(C)C)O[Si](C)(C)O[SiH](C)C. The molecular weight excluding hydrogens is 280 g/mol. The lowest BCUT2D eigenvalue weighted by molar-refractivity contribution is 0.350. The van der Waals surface area contributed by atoms with E-state index in [9.17, 15) is 0 Å². The third-order valence-corrected chi connectivity index (χ3v) is 14.4. The van der Waals surface area contributed by atoms with E-state index in [0.29, 0.717) is 0 Å². The molecule has 0 rings (SSSR count). The van der Waals surface area contributed by atoms with E-state index in [1.54, 1.807) is 0 Å². The molecule has 104 valence electrons. The average Bonchev–Trinajstić information content (AvgIpc) is 1.95. The van der Waals surface area contributed by atoms with Gasteiger partial charge < -0.3 is 12.3 Å². The van der Waals surface area contributed by atoms with Crippen LogP contribution in [0.2, 0.25) is 51.9 Å². The van der Waals surface area contributed by atoms with Crippen molar-refractivity contribution in [1.82, 2.24) is 0 Å². The van der Waals surface area contributed by atoms with E-state index in [0.717, 1.165) is 12.5 Å². The van der Waals surface area contributed by atoms with E-state index >= 15 is 0 Å². The maximum Gasteiger partial charge on any atom is 0.312 e. The van der Waals surface area contributed by atoms with Gasteiger partial charge in [-0.25, -0.2) is 0 Å². The van der Waals surface area contributed by atoms with Crippen LogP contribution in [0, 0.1) is 0 Å². The lowest BCUT2D eigenvalue weighted by atomic mass is 10.6. The third kappa shape index (κ3) is 10.4. The number of rotatable bonds is 8. The molecule has 0 spiro atoms. The summed E-state index contributed by atoms with van der Waals surface area (Å²) < 4.78 is 18.5. The van der Waals surface area contributed by atoms with Gasteiger partial charge in [0.2, 0.25) is 0 Å². The van der Waals surface area contributed by atoms with Crippen LogP contribution < -0.4 is 0 Å². The first-order chi connectivity index (χ1) is 7.56. The molecule has 0 aliphatic rings. The lowest BCUT2D eigenvalue weighted by Gasteiger charge is -2.33. The van der Waals surface area contributed by atoms with Gasteiger partial charge in [-0.05, 0) is 51.9 Å². The monoisotopic (exact) mass is 310 g/mol. The maximum absolute atomic E-state index is 6.27. The minimum Gasteiger partial charge on any atom is -0.440 e. The third-order valence-electron chi connectivity index (χ3n) is 1.94. The Hall–Kier alpha value is 0.748. The molecule has 0 heterocycles. The van der Waals surface area contributed by atoms with Crippen molar-refractivity contribution < 1.29 is 12.3 Å². The molecule has 0 aliphatic heterocycles. The summed E-state index contributed by atoms with van der Waals surface area (Å²) in [5.41, 5.74) is 0. The first-order valence-corrected chi connectivity index (χ1v) is 17.4. The molecule has 1 atom stereocenters. The van der Waals surface area contributed by atoms with Crippen molar-refractivity contribution in [3.8, 4) is 0 Å². The van der Waals surface area contributed by atoms with E-state index in [-0.39, 0.29) is 0 Å². The molecule has 0 aromatic carbocycles. The van der Waals surface area contributed by atoms with E-state index < -0.39 is 35.2 Å². The summed E-state index contributed by atoms with van der Waals surface area (Å²) in [6.45, 7) is 17.6. The van der Waals surface area contributed by atoms with Crippen LogP contribution >= 0.6 is 0 Å². The molecule has 0 fully saturated rings. The molecule has 0 N–H and O–H groups in total. The summed E-state index contributed by atoms with van der Waals surface area (Å²) in [7, 11) is -5.96. The molecule has 1 unspecified atom stereocenters. The smallest absolute Gasteiger partial charge is 0.312 e. The van der Waals surface area contributed by atoms with Crippen molar-refractivity contribution in [3.63, 3.8) is 0 Å². The number of hydrogen-bond acceptors (Lipinski definition) is 3. The zero-order valence-electron chi connectivity index (χ0n) is 12.8. The molecule has 0 radical (unpaired) electrons. The minimum absolute atomic E-state index is 1.01. The van der Waals surface area contributed by atoms with Gasteiger partial charge in [-0.15, -0.1) is 0 Å². The van der Waals surface area contributed by atoms with Gasteiger partial charge in [0.25, 0.3) is 0 Å². The Labute approximate surface area is 113 Å². The highest BCUT2D eigenvalue weighted by atomic mass is 28.5. The van der Waals surface area contributed by atoms with Crippen molar-refractivity contribution in [2.45, 2.75) is 65.2 Å². The Balaban J connectivity index is 4.42.